The zero-order chi connectivity index (χ0) is 22.5. The van der Waals surface area contributed by atoms with Crippen molar-refractivity contribution in [3.63, 3.8) is 0 Å². The Morgan fingerprint density at radius 2 is 1.87 bits per heavy atom. The summed E-state index contributed by atoms with van der Waals surface area (Å²) in [6.07, 6.45) is 0.937. The van der Waals surface area contributed by atoms with E-state index in [2.05, 4.69) is 12.2 Å². The highest BCUT2D eigenvalue weighted by molar-refractivity contribution is 6.08. The van der Waals surface area contributed by atoms with Crippen molar-refractivity contribution in [3.8, 4) is 17.2 Å². The van der Waals surface area contributed by atoms with Gasteiger partial charge in [0, 0.05) is 23.8 Å². The summed E-state index contributed by atoms with van der Waals surface area (Å²) in [5.41, 5.74) is 1.78. The molecule has 0 saturated carbocycles. The molecule has 31 heavy (non-hydrogen) atoms. The Labute approximate surface area is 183 Å². The van der Waals surface area contributed by atoms with Crippen LogP contribution in [0.2, 0.25) is 0 Å². The first-order chi connectivity index (χ1) is 14.9. The average molecular weight is 427 g/mol. The Hall–Kier alpha value is -3.22. The summed E-state index contributed by atoms with van der Waals surface area (Å²) < 4.78 is 16.7. The lowest BCUT2D eigenvalue weighted by Gasteiger charge is -2.28. The summed E-state index contributed by atoms with van der Waals surface area (Å²) in [5, 5.41) is 2.91. The lowest BCUT2D eigenvalue weighted by atomic mass is 10.1. The number of hydrogen-bond donors (Lipinski definition) is 1. The van der Waals surface area contributed by atoms with Gasteiger partial charge in [0.05, 0.1) is 14.2 Å². The smallest absolute Gasteiger partial charge is 0.264 e. The number of benzene rings is 2. The number of carbonyl (C=O) groups excluding carboxylic acids is 2. The minimum atomic E-state index is -0.506. The van der Waals surface area contributed by atoms with Gasteiger partial charge in [-0.2, -0.15) is 0 Å². The fourth-order valence-electron chi connectivity index (χ4n) is 3.67. The van der Waals surface area contributed by atoms with E-state index >= 15 is 0 Å². The highest BCUT2D eigenvalue weighted by Gasteiger charge is 2.32. The molecule has 0 spiro atoms. The molecule has 2 unspecified atom stereocenters. The van der Waals surface area contributed by atoms with Gasteiger partial charge in [-0.1, -0.05) is 19.9 Å². The highest BCUT2D eigenvalue weighted by Crippen LogP contribution is 2.32. The van der Waals surface area contributed by atoms with Gasteiger partial charge in [-0.05, 0) is 50.1 Å². The summed E-state index contributed by atoms with van der Waals surface area (Å²) >= 11 is 0. The van der Waals surface area contributed by atoms with Crippen LogP contribution in [0.1, 0.15) is 49.5 Å². The van der Waals surface area contributed by atoms with Crippen LogP contribution in [0.25, 0.3) is 0 Å². The maximum Gasteiger partial charge on any atom is 0.264 e. The maximum absolute atomic E-state index is 13.0. The standard InChI is InChI=1S/C24H30N2O5/c1-6-15(3)26-14-16-13-17(11-12-19(16)31-18(7-2)24(26)28)25-23(27)22-20(29-4)9-8-10-21(22)30-5/h8-13,15,18H,6-7,14H2,1-5H3,(H,25,27). The fourth-order valence-corrected chi connectivity index (χ4v) is 3.67. The molecule has 3 rings (SSSR count). The second kappa shape index (κ2) is 9.73. The molecule has 0 bridgehead atoms. The van der Waals surface area contributed by atoms with Gasteiger partial charge in [-0.25, -0.2) is 0 Å². The third-order valence-electron chi connectivity index (χ3n) is 5.64. The van der Waals surface area contributed by atoms with E-state index in [1.54, 1.807) is 30.3 Å². The van der Waals surface area contributed by atoms with Crippen molar-refractivity contribution >= 4 is 17.5 Å². The monoisotopic (exact) mass is 426 g/mol. The van der Waals surface area contributed by atoms with Gasteiger partial charge in [0.1, 0.15) is 22.8 Å². The molecule has 2 aromatic rings. The van der Waals surface area contributed by atoms with Crippen molar-refractivity contribution in [2.45, 2.75) is 52.3 Å². The van der Waals surface area contributed by atoms with E-state index in [1.165, 1.54) is 14.2 Å². The van der Waals surface area contributed by atoms with Crippen LogP contribution in [0.3, 0.4) is 0 Å². The highest BCUT2D eigenvalue weighted by atomic mass is 16.5. The molecule has 7 nitrogen and oxygen atoms in total. The molecule has 1 N–H and O–H groups in total. The van der Waals surface area contributed by atoms with Crippen molar-refractivity contribution in [3.05, 3.63) is 47.5 Å². The van der Waals surface area contributed by atoms with Crippen molar-refractivity contribution < 1.29 is 23.8 Å². The van der Waals surface area contributed by atoms with Crippen molar-refractivity contribution in [2.75, 3.05) is 19.5 Å². The second-order valence-electron chi connectivity index (χ2n) is 7.55. The summed E-state index contributed by atoms with van der Waals surface area (Å²) in [6, 6.07) is 10.7. The zero-order valence-corrected chi connectivity index (χ0v) is 18.7. The molecule has 2 amide bonds. The topological polar surface area (TPSA) is 77.1 Å². The average Bonchev–Trinajstić information content (AvgIpc) is 2.93. The number of ether oxygens (including phenoxy) is 3. The molecular formula is C24H30N2O5. The van der Waals surface area contributed by atoms with E-state index < -0.39 is 6.10 Å². The Kier molecular flexibility index (Phi) is 7.05. The van der Waals surface area contributed by atoms with Gasteiger partial charge in [0.15, 0.2) is 6.10 Å². The maximum atomic E-state index is 13.0. The van der Waals surface area contributed by atoms with E-state index in [9.17, 15) is 9.59 Å². The minimum Gasteiger partial charge on any atom is -0.496 e. The molecule has 2 atom stereocenters. The lowest BCUT2D eigenvalue weighted by Crippen LogP contribution is -2.43. The Balaban J connectivity index is 1.92. The molecule has 0 aromatic heterocycles. The Morgan fingerprint density at radius 3 is 2.45 bits per heavy atom. The molecular weight excluding hydrogens is 396 g/mol. The predicted octanol–water partition coefficient (Wildman–Crippen LogP) is 4.25. The largest absolute Gasteiger partial charge is 0.496 e. The summed E-state index contributed by atoms with van der Waals surface area (Å²) in [4.78, 5) is 27.8. The van der Waals surface area contributed by atoms with Crippen LogP contribution in [0.5, 0.6) is 17.2 Å². The van der Waals surface area contributed by atoms with E-state index in [4.69, 9.17) is 14.2 Å². The number of anilines is 1. The number of rotatable bonds is 7. The van der Waals surface area contributed by atoms with Crippen LogP contribution in [0.4, 0.5) is 5.69 Å². The molecule has 1 aliphatic rings. The molecule has 0 radical (unpaired) electrons. The molecule has 0 fully saturated rings. The minimum absolute atomic E-state index is 0.00241. The normalized spacial score (nSPS) is 16.6. The van der Waals surface area contributed by atoms with Crippen LogP contribution in [-0.2, 0) is 11.3 Å². The van der Waals surface area contributed by atoms with Crippen LogP contribution < -0.4 is 19.5 Å². The zero-order valence-electron chi connectivity index (χ0n) is 18.7. The summed E-state index contributed by atoms with van der Waals surface area (Å²) in [7, 11) is 3.02. The lowest BCUT2D eigenvalue weighted by molar-refractivity contribution is -0.140. The van der Waals surface area contributed by atoms with Gasteiger partial charge in [0.25, 0.3) is 11.8 Å². The number of fused-ring (bicyclic) bond motifs is 1. The van der Waals surface area contributed by atoms with Crippen molar-refractivity contribution in [2.24, 2.45) is 0 Å². The number of nitrogens with one attached hydrogen (secondary N) is 1. The van der Waals surface area contributed by atoms with Crippen LogP contribution in [0.15, 0.2) is 36.4 Å². The Bertz CT molecular complexity index is 937. The number of carbonyl (C=O) groups is 2. The predicted molar refractivity (Wildman–Crippen MR) is 119 cm³/mol. The number of hydrogen-bond acceptors (Lipinski definition) is 5. The summed E-state index contributed by atoms with van der Waals surface area (Å²) in [6.45, 7) is 6.47. The van der Waals surface area contributed by atoms with Crippen LogP contribution in [0, 0.1) is 0 Å². The van der Waals surface area contributed by atoms with Gasteiger partial charge in [0.2, 0.25) is 0 Å². The van der Waals surface area contributed by atoms with E-state index in [0.29, 0.717) is 41.5 Å². The van der Waals surface area contributed by atoms with E-state index in [1.807, 2.05) is 24.8 Å². The number of methoxy groups -OCH3 is 2. The van der Waals surface area contributed by atoms with Crippen LogP contribution in [-0.4, -0.2) is 43.1 Å². The number of amides is 2. The summed E-state index contributed by atoms with van der Waals surface area (Å²) in [5.74, 6) is 1.17. The molecule has 7 heteroatoms. The molecule has 0 saturated heterocycles. The quantitative estimate of drug-likeness (QED) is 0.716. The van der Waals surface area contributed by atoms with Gasteiger partial charge in [-0.3, -0.25) is 9.59 Å². The van der Waals surface area contributed by atoms with Gasteiger partial charge in [-0.15, -0.1) is 0 Å². The molecule has 2 aromatic carbocycles. The van der Waals surface area contributed by atoms with Gasteiger partial charge < -0.3 is 24.4 Å². The van der Waals surface area contributed by atoms with Crippen LogP contribution >= 0.6 is 0 Å². The SMILES string of the molecule is CCC1Oc2ccc(NC(=O)c3c(OC)cccc3OC)cc2CN(C(C)CC)C1=O. The van der Waals surface area contributed by atoms with Crippen molar-refractivity contribution in [1.82, 2.24) is 4.90 Å². The first-order valence-electron chi connectivity index (χ1n) is 10.6. The van der Waals surface area contributed by atoms with E-state index in [-0.39, 0.29) is 17.9 Å². The molecule has 1 aliphatic heterocycles. The number of nitrogens with zero attached hydrogens (tertiary/aromatic N) is 1. The fraction of sp³-hybridized carbons (Fsp3) is 0.417. The molecule has 1 heterocycles. The molecule has 166 valence electrons. The van der Waals surface area contributed by atoms with Crippen molar-refractivity contribution in [1.29, 1.82) is 0 Å². The van der Waals surface area contributed by atoms with Gasteiger partial charge >= 0.3 is 0 Å². The third kappa shape index (κ3) is 4.60. The first-order valence-corrected chi connectivity index (χ1v) is 10.6. The molecule has 0 aliphatic carbocycles. The van der Waals surface area contributed by atoms with E-state index in [0.717, 1.165) is 12.0 Å². The first kappa shape index (κ1) is 22.5. The third-order valence-corrected chi connectivity index (χ3v) is 5.64. The Morgan fingerprint density at radius 1 is 1.19 bits per heavy atom. The second-order valence-corrected chi connectivity index (χ2v) is 7.55.